The van der Waals surface area contributed by atoms with E-state index in [4.69, 9.17) is 9.47 Å². The standard InChI is InChI=1S/C34H38FNO5S/c1-2-40-34(37)32-19-31(32)23-6-8-27(9-7-23)36-20-26-17-30-25(18-33(26)35)5-3-4-24-16-28(10-11-29(24)30)41-21-22-12-14-42(38,39)15-13-22/h6-11,16-18,22,31-32,36H,2-5,12-15,19-21H2,1H3/t31?,32-/m0/s1. The number of ether oxygens (including phenoxy) is 2. The molecule has 1 saturated carbocycles. The van der Waals surface area contributed by atoms with Gasteiger partial charge in [0.25, 0.3) is 0 Å². The Bertz CT molecular complexity index is 1560. The molecular weight excluding hydrogens is 553 g/mol. The summed E-state index contributed by atoms with van der Waals surface area (Å²) in [4.78, 5) is 12.0. The molecule has 42 heavy (non-hydrogen) atoms. The van der Waals surface area contributed by atoms with Gasteiger partial charge in [0.05, 0.1) is 30.6 Å². The van der Waals surface area contributed by atoms with Crippen molar-refractivity contribution in [3.8, 4) is 16.9 Å². The van der Waals surface area contributed by atoms with Gasteiger partial charge in [-0.2, -0.15) is 0 Å². The summed E-state index contributed by atoms with van der Waals surface area (Å²) in [6, 6.07) is 17.9. The van der Waals surface area contributed by atoms with Crippen molar-refractivity contribution in [1.82, 2.24) is 0 Å². The average Bonchev–Trinajstić information content (AvgIpc) is 3.80. The van der Waals surface area contributed by atoms with Gasteiger partial charge in [-0.05, 0) is 121 Å². The van der Waals surface area contributed by atoms with E-state index in [2.05, 4.69) is 17.4 Å². The van der Waals surface area contributed by atoms with E-state index in [-0.39, 0.29) is 41.0 Å². The van der Waals surface area contributed by atoms with Crippen LogP contribution >= 0.6 is 0 Å². The third-order valence-corrected chi connectivity index (χ3v) is 10.6. The van der Waals surface area contributed by atoms with Crippen molar-refractivity contribution >= 4 is 21.5 Å². The zero-order valence-electron chi connectivity index (χ0n) is 24.0. The zero-order chi connectivity index (χ0) is 29.3. The number of anilines is 1. The van der Waals surface area contributed by atoms with E-state index in [1.54, 1.807) is 6.07 Å². The summed E-state index contributed by atoms with van der Waals surface area (Å²) >= 11 is 0. The van der Waals surface area contributed by atoms with Crippen molar-refractivity contribution in [2.75, 3.05) is 30.0 Å². The lowest BCUT2D eigenvalue weighted by atomic mass is 9.94. The molecule has 3 aliphatic rings. The van der Waals surface area contributed by atoms with E-state index in [9.17, 15) is 13.2 Å². The molecule has 3 aromatic carbocycles. The maximum Gasteiger partial charge on any atom is 0.309 e. The number of carbonyl (C=O) groups excluding carboxylic acids is 1. The van der Waals surface area contributed by atoms with Crippen molar-refractivity contribution < 1.29 is 27.1 Å². The minimum Gasteiger partial charge on any atom is -0.493 e. The van der Waals surface area contributed by atoms with Crippen LogP contribution in [-0.2, 0) is 38.8 Å². The maximum atomic E-state index is 15.2. The lowest BCUT2D eigenvalue weighted by Gasteiger charge is -2.22. The summed E-state index contributed by atoms with van der Waals surface area (Å²) in [6.07, 6.45) is 4.78. The second kappa shape index (κ2) is 12.1. The molecule has 0 spiro atoms. The smallest absolute Gasteiger partial charge is 0.309 e. The average molecular weight is 592 g/mol. The number of carbonyl (C=O) groups is 1. The lowest BCUT2D eigenvalue weighted by molar-refractivity contribution is -0.144. The first-order chi connectivity index (χ1) is 20.3. The van der Waals surface area contributed by atoms with Crippen LogP contribution in [0.3, 0.4) is 0 Å². The Balaban J connectivity index is 1.11. The topological polar surface area (TPSA) is 81.7 Å². The number of hydrogen-bond acceptors (Lipinski definition) is 6. The van der Waals surface area contributed by atoms with E-state index in [1.165, 1.54) is 5.56 Å². The molecule has 1 heterocycles. The molecule has 222 valence electrons. The molecule has 1 saturated heterocycles. The summed E-state index contributed by atoms with van der Waals surface area (Å²) in [6.45, 7) is 3.12. The largest absolute Gasteiger partial charge is 0.493 e. The van der Waals surface area contributed by atoms with E-state index >= 15 is 4.39 Å². The molecule has 0 bridgehead atoms. The molecule has 1 N–H and O–H groups in total. The van der Waals surface area contributed by atoms with Crippen molar-refractivity contribution in [1.29, 1.82) is 0 Å². The van der Waals surface area contributed by atoms with Gasteiger partial charge < -0.3 is 14.8 Å². The van der Waals surface area contributed by atoms with E-state index in [0.717, 1.165) is 59.4 Å². The highest BCUT2D eigenvalue weighted by atomic mass is 32.2. The van der Waals surface area contributed by atoms with Gasteiger partial charge in [0.15, 0.2) is 0 Å². The molecular formula is C34H38FNO5S. The highest BCUT2D eigenvalue weighted by Gasteiger charge is 2.45. The number of aryl methyl sites for hydroxylation is 2. The van der Waals surface area contributed by atoms with Crippen LogP contribution in [0.25, 0.3) is 11.1 Å². The van der Waals surface area contributed by atoms with Crippen molar-refractivity contribution in [2.45, 2.75) is 57.9 Å². The highest BCUT2D eigenvalue weighted by molar-refractivity contribution is 7.91. The molecule has 1 unspecified atom stereocenters. The van der Waals surface area contributed by atoms with E-state index < -0.39 is 9.84 Å². The van der Waals surface area contributed by atoms with Crippen molar-refractivity contribution in [3.05, 3.63) is 82.7 Å². The number of fused-ring (bicyclic) bond motifs is 3. The molecule has 2 aliphatic carbocycles. The Labute approximate surface area is 247 Å². The second-order valence-corrected chi connectivity index (χ2v) is 14.2. The monoisotopic (exact) mass is 591 g/mol. The van der Waals surface area contributed by atoms with Crippen LogP contribution in [-0.4, -0.2) is 39.1 Å². The Hall–Kier alpha value is -3.39. The van der Waals surface area contributed by atoms with Gasteiger partial charge >= 0.3 is 5.97 Å². The third kappa shape index (κ3) is 6.48. The quantitative estimate of drug-likeness (QED) is 0.288. The molecule has 3 aromatic rings. The van der Waals surface area contributed by atoms with Gasteiger partial charge in [-0.15, -0.1) is 0 Å². The molecule has 6 rings (SSSR count). The number of hydrogen-bond donors (Lipinski definition) is 1. The summed E-state index contributed by atoms with van der Waals surface area (Å²) in [5.74, 6) is 1.42. The number of nitrogens with one attached hydrogen (secondary N) is 1. The highest BCUT2D eigenvalue weighted by Crippen LogP contribution is 2.48. The van der Waals surface area contributed by atoms with Crippen LogP contribution in [0.2, 0.25) is 0 Å². The summed E-state index contributed by atoms with van der Waals surface area (Å²) < 4.78 is 49.9. The van der Waals surface area contributed by atoms with E-state index in [0.29, 0.717) is 38.2 Å². The minimum absolute atomic E-state index is 0.0408. The van der Waals surface area contributed by atoms with Crippen molar-refractivity contribution in [3.63, 3.8) is 0 Å². The van der Waals surface area contributed by atoms with Gasteiger partial charge in [0.2, 0.25) is 0 Å². The lowest BCUT2D eigenvalue weighted by Crippen LogP contribution is -2.26. The predicted molar refractivity (Wildman–Crippen MR) is 162 cm³/mol. The van der Waals surface area contributed by atoms with E-state index in [1.807, 2.05) is 43.3 Å². The van der Waals surface area contributed by atoms with Gasteiger partial charge in [-0.3, -0.25) is 4.79 Å². The number of rotatable bonds is 9. The molecule has 6 nitrogen and oxygen atoms in total. The summed E-state index contributed by atoms with van der Waals surface area (Å²) in [5.41, 5.74) is 7.05. The number of benzene rings is 3. The molecule has 0 amide bonds. The van der Waals surface area contributed by atoms with Crippen LogP contribution in [0.15, 0.2) is 54.6 Å². The van der Waals surface area contributed by atoms with Crippen molar-refractivity contribution in [2.24, 2.45) is 11.8 Å². The Morgan fingerprint density at radius 3 is 2.45 bits per heavy atom. The third-order valence-electron chi connectivity index (χ3n) is 8.89. The number of sulfone groups is 1. The molecule has 0 radical (unpaired) electrons. The normalized spacial score (nSPS) is 21.0. The second-order valence-electron chi connectivity index (χ2n) is 11.9. The fraction of sp³-hybridized carbons (Fsp3) is 0.441. The number of esters is 1. The SMILES string of the molecule is CCOC(=O)[C@H]1CC1c1ccc(NCc2cc3c(cc2F)CCCc2cc(OCC4CCS(=O)(=O)CC4)ccc2-3)cc1. The Morgan fingerprint density at radius 2 is 1.71 bits per heavy atom. The Morgan fingerprint density at radius 1 is 0.976 bits per heavy atom. The molecule has 2 atom stereocenters. The molecule has 2 fully saturated rings. The summed E-state index contributed by atoms with van der Waals surface area (Å²) in [5, 5.41) is 3.36. The maximum absolute atomic E-state index is 15.2. The predicted octanol–water partition coefficient (Wildman–Crippen LogP) is 6.46. The number of halogens is 1. The minimum atomic E-state index is -2.88. The first-order valence-electron chi connectivity index (χ1n) is 15.1. The van der Waals surface area contributed by atoms with Gasteiger partial charge in [-0.1, -0.05) is 18.2 Å². The van der Waals surface area contributed by atoms with Crippen LogP contribution in [0.5, 0.6) is 5.75 Å². The first kappa shape index (κ1) is 28.7. The first-order valence-corrected chi connectivity index (χ1v) is 16.9. The molecule has 1 aliphatic heterocycles. The van der Waals surface area contributed by atoms with Crippen LogP contribution < -0.4 is 10.1 Å². The summed E-state index contributed by atoms with van der Waals surface area (Å²) in [7, 11) is -2.88. The fourth-order valence-corrected chi connectivity index (χ4v) is 7.88. The Kier molecular flexibility index (Phi) is 8.26. The van der Waals surface area contributed by atoms with Crippen LogP contribution in [0.1, 0.15) is 60.8 Å². The van der Waals surface area contributed by atoms with Crippen LogP contribution in [0.4, 0.5) is 10.1 Å². The van der Waals surface area contributed by atoms with Gasteiger partial charge in [-0.25, -0.2) is 12.8 Å². The molecule has 8 heteroatoms. The fourth-order valence-electron chi connectivity index (χ4n) is 6.29. The van der Waals surface area contributed by atoms with Crippen LogP contribution in [0, 0.1) is 17.7 Å². The molecule has 0 aromatic heterocycles. The zero-order valence-corrected chi connectivity index (χ0v) is 24.9. The van der Waals surface area contributed by atoms with Gasteiger partial charge in [0, 0.05) is 17.8 Å². The van der Waals surface area contributed by atoms with Gasteiger partial charge in [0.1, 0.15) is 21.4 Å².